The van der Waals surface area contributed by atoms with E-state index in [2.05, 4.69) is 40.5 Å². The molecule has 0 radical (unpaired) electrons. The van der Waals surface area contributed by atoms with Gasteiger partial charge in [0, 0.05) is 39.7 Å². The van der Waals surface area contributed by atoms with Gasteiger partial charge in [0.15, 0.2) is 0 Å². The lowest BCUT2D eigenvalue weighted by Gasteiger charge is -2.30. The topological polar surface area (TPSA) is 219 Å². The number of nitrogens with zero attached hydrogens (tertiary/aromatic N) is 6. The largest absolute Gasteiger partial charge is 0.453 e. The van der Waals surface area contributed by atoms with Crippen LogP contribution < -0.4 is 10.6 Å². The van der Waals surface area contributed by atoms with Crippen molar-refractivity contribution in [1.29, 1.82) is 0 Å². The number of hydrogen-bond donors (Lipinski definition) is 4. The molecule has 0 saturated carbocycles. The van der Waals surface area contributed by atoms with Crippen LogP contribution in [0, 0.1) is 0 Å². The van der Waals surface area contributed by atoms with Crippen molar-refractivity contribution in [3.05, 3.63) is 36.4 Å². The Balaban J connectivity index is 1.13. The van der Waals surface area contributed by atoms with E-state index in [9.17, 15) is 19.2 Å². The molecule has 0 unspecified atom stereocenters. The van der Waals surface area contributed by atoms with Gasteiger partial charge in [-0.1, -0.05) is 0 Å². The fourth-order valence-electron chi connectivity index (χ4n) is 6.64. The zero-order valence-electron chi connectivity index (χ0n) is 30.8. The zero-order valence-corrected chi connectivity index (χ0v) is 32.4. The number of alkyl carbamates (subject to hydrolysis) is 2. The van der Waals surface area contributed by atoms with Gasteiger partial charge in [-0.25, -0.2) is 29.5 Å². The smallest absolute Gasteiger partial charge is 0.407 e. The fourth-order valence-corrected chi connectivity index (χ4v) is 8.47. The van der Waals surface area contributed by atoms with Crippen molar-refractivity contribution in [3.63, 3.8) is 0 Å². The number of hydrogen-bond acceptors (Lipinski definition) is 14. The first-order chi connectivity index (χ1) is 26.1. The van der Waals surface area contributed by atoms with Crippen LogP contribution in [0.5, 0.6) is 0 Å². The van der Waals surface area contributed by atoms with Gasteiger partial charge in [-0.05, 0) is 39.5 Å². The van der Waals surface area contributed by atoms with E-state index in [0.717, 1.165) is 44.0 Å². The lowest BCUT2D eigenvalue weighted by molar-refractivity contribution is -0.138. The summed E-state index contributed by atoms with van der Waals surface area (Å²) in [5, 5.41) is 6.66. The van der Waals surface area contributed by atoms with E-state index < -0.39 is 36.5 Å². The van der Waals surface area contributed by atoms with E-state index in [1.54, 1.807) is 48.4 Å². The average Bonchev–Trinajstić information content (AvgIpc) is 4.04. The van der Waals surface area contributed by atoms with Gasteiger partial charge < -0.3 is 49.3 Å². The Hall–Kier alpha value is -4.92. The minimum atomic E-state index is -0.919. The zero-order chi connectivity index (χ0) is 38.5. The highest BCUT2D eigenvalue weighted by Gasteiger charge is 2.40. The number of ether oxygens (including phenoxy) is 4. The standard InChI is InChI=1S/C34H44N10O8S2/c1-17(49-3)25(41-33(47)51-5)31(45)43-11-7-9-21(43)27-35-13-19(39-27)29-37-15-23(53-29)24-16-38-30(54-24)20-14-36-28(40-20)22-10-8-12-44(22)32(46)26(18(2)50-4)42-34(48)52-6/h13-18,21-22,25-26H,7-12H2,1-6H3,(H,35,39)(H,36,40)(H,41,47)(H,42,48)/t17-,18-,21+,22+,25+,26+/m1/s1. The summed E-state index contributed by atoms with van der Waals surface area (Å²) in [6, 6.07) is -2.45. The predicted molar refractivity (Wildman–Crippen MR) is 197 cm³/mol. The molecule has 0 aliphatic carbocycles. The maximum atomic E-state index is 13.6. The van der Waals surface area contributed by atoms with Crippen LogP contribution in [0.4, 0.5) is 9.59 Å². The van der Waals surface area contributed by atoms with E-state index in [1.165, 1.54) is 51.1 Å². The molecule has 18 nitrogen and oxygen atoms in total. The van der Waals surface area contributed by atoms with Gasteiger partial charge in [-0.2, -0.15) is 0 Å². The third kappa shape index (κ3) is 8.10. The molecule has 6 heterocycles. The maximum absolute atomic E-state index is 13.6. The van der Waals surface area contributed by atoms with Gasteiger partial charge >= 0.3 is 12.2 Å². The molecular formula is C34H44N10O8S2. The van der Waals surface area contributed by atoms with Crippen molar-refractivity contribution in [1.82, 2.24) is 50.3 Å². The molecule has 0 aromatic carbocycles. The molecule has 4 aromatic heterocycles. The Morgan fingerprint density at radius 2 is 1.09 bits per heavy atom. The molecule has 54 heavy (non-hydrogen) atoms. The maximum Gasteiger partial charge on any atom is 0.407 e. The molecule has 4 N–H and O–H groups in total. The number of H-pyrrole nitrogens is 2. The molecule has 2 fully saturated rings. The number of imidazole rings is 2. The van der Waals surface area contributed by atoms with Gasteiger partial charge in [-0.15, -0.1) is 22.7 Å². The molecular weight excluding hydrogens is 741 g/mol. The van der Waals surface area contributed by atoms with Crippen LogP contribution in [0.3, 0.4) is 0 Å². The summed E-state index contributed by atoms with van der Waals surface area (Å²) in [5.74, 6) is 0.722. The van der Waals surface area contributed by atoms with Gasteiger partial charge in [0.25, 0.3) is 0 Å². The molecule has 4 aromatic rings. The van der Waals surface area contributed by atoms with Crippen LogP contribution in [-0.4, -0.2) is 130 Å². The van der Waals surface area contributed by atoms with Crippen LogP contribution >= 0.6 is 22.7 Å². The number of rotatable bonds is 13. The van der Waals surface area contributed by atoms with Crippen LogP contribution in [0.1, 0.15) is 63.3 Å². The highest BCUT2D eigenvalue weighted by Crippen LogP contribution is 2.39. The number of nitrogens with one attached hydrogen (secondary N) is 4. The molecule has 4 amide bonds. The van der Waals surface area contributed by atoms with E-state index in [1.807, 2.05) is 0 Å². The molecule has 6 rings (SSSR count). The average molecular weight is 785 g/mol. The van der Waals surface area contributed by atoms with Crippen LogP contribution in [0.2, 0.25) is 0 Å². The van der Waals surface area contributed by atoms with Crippen LogP contribution in [-0.2, 0) is 28.5 Å². The predicted octanol–water partition coefficient (Wildman–Crippen LogP) is 3.89. The summed E-state index contributed by atoms with van der Waals surface area (Å²) in [7, 11) is 5.46. The summed E-state index contributed by atoms with van der Waals surface area (Å²) in [6.45, 7) is 4.47. The number of methoxy groups -OCH3 is 4. The second-order valence-electron chi connectivity index (χ2n) is 12.9. The van der Waals surface area contributed by atoms with E-state index in [0.29, 0.717) is 37.6 Å². The van der Waals surface area contributed by atoms with Crippen LogP contribution in [0.25, 0.3) is 31.2 Å². The minimum absolute atomic E-state index is 0.274. The number of amides is 4. The summed E-state index contributed by atoms with van der Waals surface area (Å²) < 4.78 is 20.2. The Morgan fingerprint density at radius 1 is 0.685 bits per heavy atom. The van der Waals surface area contributed by atoms with Gasteiger partial charge in [-0.3, -0.25) is 9.59 Å². The lowest BCUT2D eigenvalue weighted by atomic mass is 10.1. The van der Waals surface area contributed by atoms with Crippen LogP contribution in [0.15, 0.2) is 24.8 Å². The minimum Gasteiger partial charge on any atom is -0.453 e. The Bertz CT molecular complexity index is 1810. The Kier molecular flexibility index (Phi) is 12.2. The number of aromatic amines is 2. The molecule has 290 valence electrons. The summed E-state index contributed by atoms with van der Waals surface area (Å²) in [6.07, 6.45) is 7.43. The number of thiazole rings is 2. The third-order valence-corrected chi connectivity index (χ3v) is 12.0. The summed E-state index contributed by atoms with van der Waals surface area (Å²) >= 11 is 2.97. The molecule has 0 bridgehead atoms. The second kappa shape index (κ2) is 17.0. The van der Waals surface area contributed by atoms with Crippen molar-refractivity contribution in [2.24, 2.45) is 0 Å². The molecule has 6 atom stereocenters. The number of aromatic nitrogens is 6. The van der Waals surface area contributed by atoms with Crippen molar-refractivity contribution < 1.29 is 38.1 Å². The normalized spacial score (nSPS) is 19.3. The van der Waals surface area contributed by atoms with E-state index in [-0.39, 0.29) is 23.9 Å². The Morgan fingerprint density at radius 3 is 1.46 bits per heavy atom. The highest BCUT2D eigenvalue weighted by molar-refractivity contribution is 7.24. The molecule has 2 aliphatic heterocycles. The van der Waals surface area contributed by atoms with E-state index in [4.69, 9.17) is 18.9 Å². The van der Waals surface area contributed by atoms with Crippen molar-refractivity contribution in [2.45, 2.75) is 75.9 Å². The number of carbonyl (C=O) groups excluding carboxylic acids is 4. The van der Waals surface area contributed by atoms with Crippen molar-refractivity contribution in [2.75, 3.05) is 41.5 Å². The van der Waals surface area contributed by atoms with Gasteiger partial charge in [0.05, 0.1) is 72.0 Å². The first kappa shape index (κ1) is 38.8. The van der Waals surface area contributed by atoms with Crippen molar-refractivity contribution in [3.8, 4) is 31.2 Å². The quantitative estimate of drug-likeness (QED) is 0.152. The molecule has 0 spiro atoms. The Labute approximate surface area is 319 Å². The lowest BCUT2D eigenvalue weighted by Crippen LogP contribution is -2.54. The number of carbonyl (C=O) groups is 4. The molecule has 2 aliphatic rings. The van der Waals surface area contributed by atoms with E-state index >= 15 is 0 Å². The summed E-state index contributed by atoms with van der Waals surface area (Å²) in [4.78, 5) is 81.7. The monoisotopic (exact) mass is 784 g/mol. The summed E-state index contributed by atoms with van der Waals surface area (Å²) in [5.41, 5.74) is 1.44. The molecule has 2 saturated heterocycles. The number of likely N-dealkylation sites (tertiary alicyclic amines) is 2. The third-order valence-electron chi connectivity index (χ3n) is 9.74. The van der Waals surface area contributed by atoms with Gasteiger partial charge in [0.1, 0.15) is 33.7 Å². The second-order valence-corrected chi connectivity index (χ2v) is 15.0. The first-order valence-corrected chi connectivity index (χ1v) is 19.1. The van der Waals surface area contributed by atoms with Gasteiger partial charge in [0.2, 0.25) is 11.8 Å². The first-order valence-electron chi connectivity index (χ1n) is 17.4. The fraction of sp³-hybridized carbons (Fsp3) is 0.529. The SMILES string of the molecule is COC(=O)N[C@H](C(=O)N1CCC[C@H]1c1ncc(-c2ncc(-c3cnc(-c4cnc([C@@H]5CCCN5C(=O)[C@@H](NC(=O)OC)[C@@H](C)OC)[nH]4)s3)s2)[nH]1)[C@@H](C)OC. The van der Waals surface area contributed by atoms with Crippen molar-refractivity contribution >= 4 is 46.7 Å². The highest BCUT2D eigenvalue weighted by atomic mass is 32.1. The molecule has 20 heteroatoms.